The van der Waals surface area contributed by atoms with E-state index >= 15 is 0 Å². The summed E-state index contributed by atoms with van der Waals surface area (Å²) in [6, 6.07) is 0. The molecule has 0 bridgehead atoms. The molecule has 1 aliphatic rings. The SMILES string of the molecule is CC.CC#CC.CCCC(=O)N1CCCCCC1. The van der Waals surface area contributed by atoms with Gasteiger partial charge in [0.05, 0.1) is 0 Å². The molecule has 0 unspecified atom stereocenters. The van der Waals surface area contributed by atoms with Gasteiger partial charge in [0.25, 0.3) is 0 Å². The first-order valence-corrected chi connectivity index (χ1v) is 7.37. The summed E-state index contributed by atoms with van der Waals surface area (Å²) in [4.78, 5) is 13.5. The zero-order valence-corrected chi connectivity index (χ0v) is 13.0. The lowest BCUT2D eigenvalue weighted by molar-refractivity contribution is -0.131. The Balaban J connectivity index is 0. The Morgan fingerprint density at radius 3 is 1.78 bits per heavy atom. The summed E-state index contributed by atoms with van der Waals surface area (Å²) in [7, 11) is 0. The smallest absolute Gasteiger partial charge is 0.222 e. The van der Waals surface area contributed by atoms with E-state index in [0.29, 0.717) is 5.91 Å². The number of nitrogens with zero attached hydrogens (tertiary/aromatic N) is 1. The van der Waals surface area contributed by atoms with Crippen molar-refractivity contribution in [2.45, 2.75) is 73.1 Å². The average molecular weight is 253 g/mol. The molecule has 18 heavy (non-hydrogen) atoms. The van der Waals surface area contributed by atoms with Crippen LogP contribution in [0.3, 0.4) is 0 Å². The van der Waals surface area contributed by atoms with Crippen molar-refractivity contribution in [2.75, 3.05) is 13.1 Å². The van der Waals surface area contributed by atoms with Crippen molar-refractivity contribution in [1.82, 2.24) is 4.90 Å². The minimum Gasteiger partial charge on any atom is -0.343 e. The van der Waals surface area contributed by atoms with Crippen molar-refractivity contribution in [2.24, 2.45) is 0 Å². The van der Waals surface area contributed by atoms with Crippen LogP contribution >= 0.6 is 0 Å². The van der Waals surface area contributed by atoms with Crippen molar-refractivity contribution in [1.29, 1.82) is 0 Å². The van der Waals surface area contributed by atoms with Crippen LogP contribution in [0.4, 0.5) is 0 Å². The van der Waals surface area contributed by atoms with Gasteiger partial charge in [0.2, 0.25) is 5.91 Å². The molecule has 2 heteroatoms. The maximum absolute atomic E-state index is 11.5. The lowest BCUT2D eigenvalue weighted by atomic mass is 10.2. The molecule has 1 aliphatic heterocycles. The van der Waals surface area contributed by atoms with Crippen LogP contribution in [-0.4, -0.2) is 23.9 Å². The number of carbonyl (C=O) groups is 1. The minimum absolute atomic E-state index is 0.361. The standard InChI is InChI=1S/C10H19NO.C4H6.C2H6/c1-2-7-10(12)11-8-5-3-4-6-9-11;1-3-4-2;1-2/h2-9H2,1H3;1-2H3;1-2H3. The molecular weight excluding hydrogens is 222 g/mol. The van der Waals surface area contributed by atoms with Gasteiger partial charge in [-0.2, -0.15) is 0 Å². The summed E-state index contributed by atoms with van der Waals surface area (Å²) in [6.45, 7) is 11.7. The predicted octanol–water partition coefficient (Wildman–Crippen LogP) is 4.24. The predicted molar refractivity (Wildman–Crippen MR) is 80.4 cm³/mol. The van der Waals surface area contributed by atoms with Crippen molar-refractivity contribution in [3.05, 3.63) is 0 Å². The maximum atomic E-state index is 11.5. The molecule has 0 aromatic carbocycles. The fraction of sp³-hybridized carbons (Fsp3) is 0.812. The first-order valence-electron chi connectivity index (χ1n) is 7.37. The molecule has 1 heterocycles. The van der Waals surface area contributed by atoms with E-state index in [2.05, 4.69) is 18.8 Å². The first-order chi connectivity index (χ1) is 8.76. The molecule has 0 atom stereocenters. The van der Waals surface area contributed by atoms with Crippen LogP contribution in [0.5, 0.6) is 0 Å². The highest BCUT2D eigenvalue weighted by molar-refractivity contribution is 5.76. The van der Waals surface area contributed by atoms with Crippen molar-refractivity contribution >= 4 is 5.91 Å². The van der Waals surface area contributed by atoms with Gasteiger partial charge in [-0.3, -0.25) is 4.79 Å². The Morgan fingerprint density at radius 2 is 1.44 bits per heavy atom. The lowest BCUT2D eigenvalue weighted by Crippen LogP contribution is -2.31. The van der Waals surface area contributed by atoms with E-state index in [1.165, 1.54) is 25.7 Å². The van der Waals surface area contributed by atoms with Crippen LogP contribution < -0.4 is 0 Å². The van der Waals surface area contributed by atoms with Crippen molar-refractivity contribution < 1.29 is 4.79 Å². The highest BCUT2D eigenvalue weighted by Crippen LogP contribution is 2.10. The molecule has 0 N–H and O–H groups in total. The van der Waals surface area contributed by atoms with Crippen molar-refractivity contribution in [3.8, 4) is 11.8 Å². The fourth-order valence-corrected chi connectivity index (χ4v) is 1.69. The van der Waals surface area contributed by atoms with E-state index in [1.807, 2.05) is 32.6 Å². The number of carbonyl (C=O) groups excluding carboxylic acids is 1. The van der Waals surface area contributed by atoms with E-state index in [-0.39, 0.29) is 0 Å². The van der Waals surface area contributed by atoms with Gasteiger partial charge in [-0.05, 0) is 33.1 Å². The topological polar surface area (TPSA) is 20.3 Å². The van der Waals surface area contributed by atoms with Gasteiger partial charge in [0.1, 0.15) is 0 Å². The highest BCUT2D eigenvalue weighted by Gasteiger charge is 2.13. The number of likely N-dealkylation sites (tertiary alicyclic amines) is 1. The summed E-state index contributed by atoms with van der Waals surface area (Å²) >= 11 is 0. The number of rotatable bonds is 2. The third-order valence-electron chi connectivity index (χ3n) is 2.67. The van der Waals surface area contributed by atoms with Gasteiger partial charge < -0.3 is 4.90 Å². The van der Waals surface area contributed by atoms with E-state index in [4.69, 9.17) is 0 Å². The quantitative estimate of drug-likeness (QED) is 0.674. The Hall–Kier alpha value is -0.970. The summed E-state index contributed by atoms with van der Waals surface area (Å²) < 4.78 is 0. The van der Waals surface area contributed by atoms with Crippen LogP contribution in [0.2, 0.25) is 0 Å². The van der Waals surface area contributed by atoms with Gasteiger partial charge in [-0.25, -0.2) is 0 Å². The second-order valence-electron chi connectivity index (χ2n) is 4.05. The number of hydrogen-bond donors (Lipinski definition) is 0. The van der Waals surface area contributed by atoms with Gasteiger partial charge in [0, 0.05) is 19.5 Å². The monoisotopic (exact) mass is 253 g/mol. The summed E-state index contributed by atoms with van der Waals surface area (Å²) in [6.07, 6.45) is 6.73. The van der Waals surface area contributed by atoms with Gasteiger partial charge in [-0.15, -0.1) is 11.8 Å². The largest absolute Gasteiger partial charge is 0.343 e. The van der Waals surface area contributed by atoms with E-state index in [1.54, 1.807) is 0 Å². The average Bonchev–Trinajstić information content (AvgIpc) is 2.70. The molecule has 1 saturated heterocycles. The Kier molecular flexibility index (Phi) is 17.3. The molecule has 2 nitrogen and oxygen atoms in total. The second kappa shape index (κ2) is 16.0. The zero-order valence-electron chi connectivity index (χ0n) is 13.0. The highest BCUT2D eigenvalue weighted by atomic mass is 16.2. The number of amides is 1. The molecule has 0 radical (unpaired) electrons. The molecular formula is C16H31NO. The molecule has 1 amide bonds. The summed E-state index contributed by atoms with van der Waals surface area (Å²) in [5.74, 6) is 5.72. The molecule has 0 spiro atoms. The van der Waals surface area contributed by atoms with Crippen LogP contribution in [0.1, 0.15) is 73.1 Å². The normalized spacial score (nSPS) is 13.7. The molecule has 1 rings (SSSR count). The molecule has 106 valence electrons. The summed E-state index contributed by atoms with van der Waals surface area (Å²) in [5.41, 5.74) is 0. The molecule has 0 saturated carbocycles. The third-order valence-corrected chi connectivity index (χ3v) is 2.67. The molecule has 0 aliphatic carbocycles. The first kappa shape index (κ1) is 19.4. The van der Waals surface area contributed by atoms with Crippen LogP contribution in [0, 0.1) is 11.8 Å². The lowest BCUT2D eigenvalue weighted by Gasteiger charge is -2.19. The summed E-state index contributed by atoms with van der Waals surface area (Å²) in [5, 5.41) is 0. The Labute approximate surface area is 114 Å². The molecule has 0 aromatic heterocycles. The van der Waals surface area contributed by atoms with Crippen molar-refractivity contribution in [3.63, 3.8) is 0 Å². The number of hydrogen-bond acceptors (Lipinski definition) is 1. The van der Waals surface area contributed by atoms with E-state index < -0.39 is 0 Å². The minimum atomic E-state index is 0.361. The fourth-order valence-electron chi connectivity index (χ4n) is 1.69. The molecule has 1 fully saturated rings. The second-order valence-corrected chi connectivity index (χ2v) is 4.05. The van der Waals surface area contributed by atoms with E-state index in [0.717, 1.165) is 25.9 Å². The zero-order chi connectivity index (χ0) is 14.2. The van der Waals surface area contributed by atoms with Crippen LogP contribution in [0.15, 0.2) is 0 Å². The molecule has 0 aromatic rings. The third kappa shape index (κ3) is 11.5. The van der Waals surface area contributed by atoms with Gasteiger partial charge >= 0.3 is 0 Å². The maximum Gasteiger partial charge on any atom is 0.222 e. The van der Waals surface area contributed by atoms with Gasteiger partial charge in [-0.1, -0.05) is 33.6 Å². The Morgan fingerprint density at radius 1 is 1.00 bits per heavy atom. The van der Waals surface area contributed by atoms with Gasteiger partial charge in [0.15, 0.2) is 0 Å². The Bertz CT molecular complexity index is 223. The van der Waals surface area contributed by atoms with Crippen LogP contribution in [0.25, 0.3) is 0 Å². The van der Waals surface area contributed by atoms with E-state index in [9.17, 15) is 4.79 Å². The van der Waals surface area contributed by atoms with Crippen LogP contribution in [-0.2, 0) is 4.79 Å².